The first-order chi connectivity index (χ1) is 7.24. The van der Waals surface area contributed by atoms with E-state index in [4.69, 9.17) is 0 Å². The van der Waals surface area contributed by atoms with Crippen LogP contribution in [0.3, 0.4) is 0 Å². The lowest BCUT2D eigenvalue weighted by atomic mass is 9.82. The Morgan fingerprint density at radius 3 is 2.40 bits per heavy atom. The van der Waals surface area contributed by atoms with Gasteiger partial charge in [0.25, 0.3) is 0 Å². The monoisotopic (exact) mass is 207 g/mol. The first-order valence-electron chi connectivity index (χ1n) is 6.64. The average Bonchev–Trinajstić information content (AvgIpc) is 3.02. The Hall–Kier alpha value is -0.300. The van der Waals surface area contributed by atoms with Gasteiger partial charge in [-0.1, -0.05) is 31.4 Å². The van der Waals surface area contributed by atoms with Crippen LogP contribution in [0.4, 0.5) is 0 Å². The zero-order valence-electron chi connectivity index (χ0n) is 10.3. The molecule has 0 unspecified atom stereocenters. The van der Waals surface area contributed by atoms with Gasteiger partial charge in [0.05, 0.1) is 0 Å². The molecule has 0 radical (unpaired) electrons. The van der Waals surface area contributed by atoms with Crippen molar-refractivity contribution in [2.24, 2.45) is 11.8 Å². The third kappa shape index (κ3) is 3.98. The Kier molecular flexibility index (Phi) is 3.85. The van der Waals surface area contributed by atoms with E-state index in [0.717, 1.165) is 24.4 Å². The highest BCUT2D eigenvalue weighted by molar-refractivity contribution is 5.05. The maximum atomic E-state index is 3.59. The van der Waals surface area contributed by atoms with E-state index in [0.29, 0.717) is 0 Å². The van der Waals surface area contributed by atoms with Crippen LogP contribution in [-0.4, -0.2) is 12.6 Å². The van der Waals surface area contributed by atoms with Crippen molar-refractivity contribution >= 4 is 0 Å². The lowest BCUT2D eigenvalue weighted by Gasteiger charge is -2.24. The molecule has 1 heteroatoms. The molecule has 2 saturated carbocycles. The quantitative estimate of drug-likeness (QED) is 0.696. The number of hydrogen-bond donors (Lipinski definition) is 1. The van der Waals surface area contributed by atoms with Gasteiger partial charge in [0.2, 0.25) is 0 Å². The van der Waals surface area contributed by atoms with E-state index >= 15 is 0 Å². The summed E-state index contributed by atoms with van der Waals surface area (Å²) in [6, 6.07) is 0.847. The number of rotatable bonds is 4. The predicted octanol–water partition coefficient (Wildman–Crippen LogP) is 3.51. The lowest BCUT2D eigenvalue weighted by molar-refractivity contribution is 0.329. The second kappa shape index (κ2) is 5.16. The second-order valence-electron chi connectivity index (χ2n) is 5.69. The van der Waals surface area contributed by atoms with Crippen LogP contribution in [0.15, 0.2) is 11.6 Å². The molecule has 15 heavy (non-hydrogen) atoms. The standard InChI is InChI=1S/C14H25N/c1-11-3-5-13(6-4-11)9-12(2)10-15-14-7-8-14/h9,11,13-15H,3-8,10H2,1-2H3. The minimum Gasteiger partial charge on any atom is -0.310 e. The van der Waals surface area contributed by atoms with Crippen LogP contribution in [-0.2, 0) is 0 Å². The molecular formula is C14H25N. The first kappa shape index (κ1) is 11.2. The average molecular weight is 207 g/mol. The summed E-state index contributed by atoms with van der Waals surface area (Å²) in [5.41, 5.74) is 1.56. The lowest BCUT2D eigenvalue weighted by Crippen LogP contribution is -2.19. The van der Waals surface area contributed by atoms with Gasteiger partial charge in [0.15, 0.2) is 0 Å². The fourth-order valence-electron chi connectivity index (χ4n) is 2.51. The summed E-state index contributed by atoms with van der Waals surface area (Å²) >= 11 is 0. The molecular weight excluding hydrogens is 182 g/mol. The van der Waals surface area contributed by atoms with E-state index in [-0.39, 0.29) is 0 Å². The van der Waals surface area contributed by atoms with Crippen molar-refractivity contribution in [2.75, 3.05) is 6.54 Å². The van der Waals surface area contributed by atoms with Crippen molar-refractivity contribution < 1.29 is 0 Å². The largest absolute Gasteiger partial charge is 0.310 e. The van der Waals surface area contributed by atoms with Gasteiger partial charge in [0.1, 0.15) is 0 Å². The highest BCUT2D eigenvalue weighted by Crippen LogP contribution is 2.29. The van der Waals surface area contributed by atoms with E-state index in [9.17, 15) is 0 Å². The molecule has 2 fully saturated rings. The summed E-state index contributed by atoms with van der Waals surface area (Å²) in [5, 5.41) is 3.59. The van der Waals surface area contributed by atoms with Crippen molar-refractivity contribution in [3.63, 3.8) is 0 Å². The number of nitrogens with one attached hydrogen (secondary N) is 1. The van der Waals surface area contributed by atoms with Crippen LogP contribution in [0.1, 0.15) is 52.4 Å². The van der Waals surface area contributed by atoms with Crippen molar-refractivity contribution in [1.82, 2.24) is 5.32 Å². The topological polar surface area (TPSA) is 12.0 Å². The molecule has 2 aliphatic carbocycles. The van der Waals surface area contributed by atoms with Crippen molar-refractivity contribution in [3.8, 4) is 0 Å². The maximum absolute atomic E-state index is 3.59. The molecule has 0 aromatic rings. The highest BCUT2D eigenvalue weighted by Gasteiger charge is 2.20. The third-order valence-corrected chi connectivity index (χ3v) is 3.83. The Balaban J connectivity index is 1.70. The molecule has 0 amide bonds. The Morgan fingerprint density at radius 1 is 1.13 bits per heavy atom. The zero-order valence-corrected chi connectivity index (χ0v) is 10.3. The summed E-state index contributed by atoms with van der Waals surface area (Å²) in [7, 11) is 0. The molecule has 1 nitrogen and oxygen atoms in total. The molecule has 0 heterocycles. The van der Waals surface area contributed by atoms with Gasteiger partial charge in [-0.15, -0.1) is 0 Å². The Bertz CT molecular complexity index is 219. The van der Waals surface area contributed by atoms with E-state index in [2.05, 4.69) is 25.2 Å². The first-order valence-corrected chi connectivity index (χ1v) is 6.64. The summed E-state index contributed by atoms with van der Waals surface area (Å²) < 4.78 is 0. The predicted molar refractivity (Wildman–Crippen MR) is 65.9 cm³/mol. The third-order valence-electron chi connectivity index (χ3n) is 3.83. The Labute approximate surface area is 94.3 Å². The molecule has 0 atom stereocenters. The highest BCUT2D eigenvalue weighted by atomic mass is 14.9. The second-order valence-corrected chi connectivity index (χ2v) is 5.69. The van der Waals surface area contributed by atoms with E-state index < -0.39 is 0 Å². The zero-order chi connectivity index (χ0) is 10.7. The molecule has 2 aliphatic rings. The molecule has 0 aliphatic heterocycles. The van der Waals surface area contributed by atoms with Crippen molar-refractivity contribution in [1.29, 1.82) is 0 Å². The van der Waals surface area contributed by atoms with Gasteiger partial charge >= 0.3 is 0 Å². The molecule has 0 bridgehead atoms. The van der Waals surface area contributed by atoms with Crippen LogP contribution in [0, 0.1) is 11.8 Å². The van der Waals surface area contributed by atoms with Crippen LogP contribution < -0.4 is 5.32 Å². The van der Waals surface area contributed by atoms with Crippen LogP contribution in [0.25, 0.3) is 0 Å². The van der Waals surface area contributed by atoms with Gasteiger partial charge in [0, 0.05) is 12.6 Å². The minimum atomic E-state index is 0.847. The summed E-state index contributed by atoms with van der Waals surface area (Å²) in [5.74, 6) is 1.85. The SMILES string of the molecule is CC(=CC1CCC(C)CC1)CNC1CC1. The van der Waals surface area contributed by atoms with E-state index in [1.165, 1.54) is 38.5 Å². The number of hydrogen-bond acceptors (Lipinski definition) is 1. The minimum absolute atomic E-state index is 0.847. The van der Waals surface area contributed by atoms with Crippen LogP contribution >= 0.6 is 0 Å². The van der Waals surface area contributed by atoms with Gasteiger partial charge in [-0.2, -0.15) is 0 Å². The van der Waals surface area contributed by atoms with Crippen molar-refractivity contribution in [2.45, 2.75) is 58.4 Å². The number of allylic oxidation sites excluding steroid dienone is 1. The molecule has 2 rings (SSSR count). The van der Waals surface area contributed by atoms with Gasteiger partial charge < -0.3 is 5.32 Å². The molecule has 86 valence electrons. The van der Waals surface area contributed by atoms with E-state index in [1.54, 1.807) is 5.57 Å². The van der Waals surface area contributed by atoms with Gasteiger partial charge in [-0.05, 0) is 44.4 Å². The summed E-state index contributed by atoms with van der Waals surface area (Å²) in [6.07, 6.45) is 11.0. The fourth-order valence-corrected chi connectivity index (χ4v) is 2.51. The molecule has 0 aromatic heterocycles. The fraction of sp³-hybridized carbons (Fsp3) is 0.857. The molecule has 0 saturated heterocycles. The van der Waals surface area contributed by atoms with Crippen molar-refractivity contribution in [3.05, 3.63) is 11.6 Å². The van der Waals surface area contributed by atoms with Gasteiger partial charge in [-0.25, -0.2) is 0 Å². The van der Waals surface area contributed by atoms with Crippen LogP contribution in [0.5, 0.6) is 0 Å². The summed E-state index contributed by atoms with van der Waals surface area (Å²) in [6.45, 7) is 5.80. The maximum Gasteiger partial charge on any atom is 0.0164 e. The van der Waals surface area contributed by atoms with E-state index in [1.807, 2.05) is 0 Å². The summed E-state index contributed by atoms with van der Waals surface area (Å²) in [4.78, 5) is 0. The smallest absolute Gasteiger partial charge is 0.0164 e. The normalized spacial score (nSPS) is 33.1. The molecule has 0 spiro atoms. The molecule has 1 N–H and O–H groups in total. The van der Waals surface area contributed by atoms with Gasteiger partial charge in [-0.3, -0.25) is 0 Å². The van der Waals surface area contributed by atoms with Crippen LogP contribution in [0.2, 0.25) is 0 Å². The molecule has 0 aromatic carbocycles. The Morgan fingerprint density at radius 2 is 1.80 bits per heavy atom.